The van der Waals surface area contributed by atoms with Crippen LogP contribution in [0.3, 0.4) is 0 Å². The normalized spacial score (nSPS) is 19.3. The van der Waals surface area contributed by atoms with Crippen molar-refractivity contribution in [1.29, 1.82) is 0 Å². The third-order valence-electron chi connectivity index (χ3n) is 2.83. The summed E-state index contributed by atoms with van der Waals surface area (Å²) in [6.07, 6.45) is -0.138. The Bertz CT molecular complexity index is 477. The molecule has 0 aromatic heterocycles. The number of aliphatic carboxylic acids is 1. The minimum Gasteiger partial charge on any atom is -0.480 e. The maximum absolute atomic E-state index is 11.6. The number of hydrogen-bond donors (Lipinski definition) is 5. The first-order valence-electron chi connectivity index (χ1n) is 6.21. The second kappa shape index (κ2) is 7.22. The zero-order chi connectivity index (χ0) is 16.0. The van der Waals surface area contributed by atoms with E-state index in [0.29, 0.717) is 0 Å². The molecule has 1 rings (SSSR count). The summed E-state index contributed by atoms with van der Waals surface area (Å²) in [7, 11) is 0. The molecule has 0 spiro atoms. The van der Waals surface area contributed by atoms with Gasteiger partial charge in [-0.2, -0.15) is 0 Å². The highest BCUT2D eigenvalue weighted by Gasteiger charge is 2.29. The van der Waals surface area contributed by atoms with E-state index in [4.69, 9.17) is 10.8 Å². The summed E-state index contributed by atoms with van der Waals surface area (Å²) >= 11 is 0. The number of carboxylic acids is 1. The second-order valence-corrected chi connectivity index (χ2v) is 4.52. The molecule has 0 aromatic rings. The highest BCUT2D eigenvalue weighted by atomic mass is 16.4. The van der Waals surface area contributed by atoms with Gasteiger partial charge >= 0.3 is 12.0 Å². The lowest BCUT2D eigenvalue weighted by molar-refractivity contribution is -0.139. The van der Waals surface area contributed by atoms with Gasteiger partial charge in [0.05, 0.1) is 0 Å². The Morgan fingerprint density at radius 2 is 2.05 bits per heavy atom. The average molecular weight is 300 g/mol. The van der Waals surface area contributed by atoms with Crippen LogP contribution in [0.15, 0.2) is 0 Å². The van der Waals surface area contributed by atoms with Crippen molar-refractivity contribution in [1.82, 2.24) is 16.0 Å². The van der Waals surface area contributed by atoms with Gasteiger partial charge in [-0.15, -0.1) is 0 Å². The maximum atomic E-state index is 11.6. The fourth-order valence-corrected chi connectivity index (χ4v) is 1.73. The summed E-state index contributed by atoms with van der Waals surface area (Å²) in [6, 6.07) is -3.08. The van der Waals surface area contributed by atoms with Gasteiger partial charge in [0.2, 0.25) is 17.7 Å². The number of carbonyl (C=O) groups excluding carboxylic acids is 4. The van der Waals surface area contributed by atoms with E-state index in [1.165, 1.54) is 0 Å². The van der Waals surface area contributed by atoms with Crippen molar-refractivity contribution in [2.24, 2.45) is 5.73 Å². The summed E-state index contributed by atoms with van der Waals surface area (Å²) in [5.74, 6) is -3.09. The average Bonchev–Trinajstić information content (AvgIpc) is 2.37. The molecule has 1 unspecified atom stereocenters. The number of primary amides is 1. The SMILES string of the molecule is NC(=O)CC[C@@H](NC(=O)NC1CCC(=O)NC1=O)C(=O)O. The van der Waals surface area contributed by atoms with Gasteiger partial charge in [-0.1, -0.05) is 0 Å². The second-order valence-electron chi connectivity index (χ2n) is 4.52. The number of piperidine rings is 1. The number of carbonyl (C=O) groups is 5. The van der Waals surface area contributed by atoms with E-state index >= 15 is 0 Å². The van der Waals surface area contributed by atoms with Gasteiger partial charge in [-0.25, -0.2) is 9.59 Å². The third kappa shape index (κ3) is 5.47. The Labute approximate surface area is 119 Å². The van der Waals surface area contributed by atoms with Crippen LogP contribution in [0, 0.1) is 0 Å². The Morgan fingerprint density at radius 1 is 1.38 bits per heavy atom. The van der Waals surface area contributed by atoms with Crippen molar-refractivity contribution < 1.29 is 29.1 Å². The standard InChI is InChI=1S/C11H16N4O6/c12-7(16)3-1-6(10(19)20)14-11(21)13-5-2-4-8(17)15-9(5)18/h5-6H,1-4H2,(H2,12,16)(H,19,20)(H2,13,14,21)(H,15,17,18)/t5?,6-/m1/s1. The molecule has 0 aliphatic carbocycles. The molecule has 116 valence electrons. The van der Waals surface area contributed by atoms with Gasteiger partial charge in [-0.3, -0.25) is 19.7 Å². The first kappa shape index (κ1) is 16.4. The van der Waals surface area contributed by atoms with E-state index in [1.807, 2.05) is 0 Å². The number of hydrogen-bond acceptors (Lipinski definition) is 5. The van der Waals surface area contributed by atoms with E-state index in [-0.39, 0.29) is 25.7 Å². The van der Waals surface area contributed by atoms with Crippen LogP contribution >= 0.6 is 0 Å². The molecule has 6 N–H and O–H groups in total. The number of urea groups is 1. The molecule has 0 saturated carbocycles. The molecule has 10 heteroatoms. The van der Waals surface area contributed by atoms with Crippen molar-refractivity contribution in [3.05, 3.63) is 0 Å². The predicted molar refractivity (Wildman–Crippen MR) is 67.7 cm³/mol. The molecule has 0 bridgehead atoms. The fraction of sp³-hybridized carbons (Fsp3) is 0.545. The smallest absolute Gasteiger partial charge is 0.326 e. The number of nitrogens with one attached hydrogen (secondary N) is 3. The van der Waals surface area contributed by atoms with Crippen LogP contribution in [-0.4, -0.2) is 46.9 Å². The molecular formula is C11H16N4O6. The molecule has 5 amide bonds. The van der Waals surface area contributed by atoms with Crippen LogP contribution in [0.4, 0.5) is 4.79 Å². The zero-order valence-electron chi connectivity index (χ0n) is 11.0. The van der Waals surface area contributed by atoms with Gasteiger partial charge in [0.15, 0.2) is 0 Å². The lowest BCUT2D eigenvalue weighted by Crippen LogP contribution is -2.56. The summed E-state index contributed by atoms with van der Waals surface area (Å²) < 4.78 is 0. The van der Waals surface area contributed by atoms with Gasteiger partial charge < -0.3 is 21.5 Å². The molecule has 1 fully saturated rings. The van der Waals surface area contributed by atoms with Crippen LogP contribution < -0.4 is 21.7 Å². The Morgan fingerprint density at radius 3 is 2.57 bits per heavy atom. The van der Waals surface area contributed by atoms with E-state index in [0.717, 1.165) is 0 Å². The lowest BCUT2D eigenvalue weighted by Gasteiger charge is -2.23. The van der Waals surface area contributed by atoms with E-state index in [9.17, 15) is 24.0 Å². The van der Waals surface area contributed by atoms with Crippen LogP contribution in [0.2, 0.25) is 0 Å². The highest BCUT2D eigenvalue weighted by molar-refractivity contribution is 6.01. The topological polar surface area (TPSA) is 168 Å². The van der Waals surface area contributed by atoms with Crippen LogP contribution in [0.25, 0.3) is 0 Å². The van der Waals surface area contributed by atoms with Gasteiger partial charge in [0.25, 0.3) is 0 Å². The Hall–Kier alpha value is -2.65. The molecule has 21 heavy (non-hydrogen) atoms. The number of imide groups is 1. The molecule has 0 aromatic carbocycles. The van der Waals surface area contributed by atoms with Crippen LogP contribution in [-0.2, 0) is 19.2 Å². The van der Waals surface area contributed by atoms with Gasteiger partial charge in [0, 0.05) is 12.8 Å². The van der Waals surface area contributed by atoms with Gasteiger partial charge in [-0.05, 0) is 12.8 Å². The fourth-order valence-electron chi connectivity index (χ4n) is 1.73. The Balaban J connectivity index is 2.50. The first-order valence-corrected chi connectivity index (χ1v) is 6.21. The van der Waals surface area contributed by atoms with Crippen molar-refractivity contribution in [2.45, 2.75) is 37.8 Å². The predicted octanol–water partition coefficient (Wildman–Crippen LogP) is -2.19. The quantitative estimate of drug-likeness (QED) is 0.349. The summed E-state index contributed by atoms with van der Waals surface area (Å²) in [4.78, 5) is 55.5. The third-order valence-corrected chi connectivity index (χ3v) is 2.83. The number of nitrogens with two attached hydrogens (primary N) is 1. The Kier molecular flexibility index (Phi) is 5.64. The van der Waals surface area contributed by atoms with E-state index in [2.05, 4.69) is 16.0 Å². The molecule has 1 saturated heterocycles. The summed E-state index contributed by atoms with van der Waals surface area (Å²) in [6.45, 7) is 0. The van der Waals surface area contributed by atoms with Crippen LogP contribution in [0.1, 0.15) is 25.7 Å². The minimum absolute atomic E-state index is 0.0840. The lowest BCUT2D eigenvalue weighted by atomic mass is 10.1. The molecule has 1 heterocycles. The number of rotatable bonds is 6. The summed E-state index contributed by atoms with van der Waals surface area (Å²) in [5, 5.41) is 15.4. The number of amides is 5. The van der Waals surface area contributed by atoms with Crippen molar-refractivity contribution in [2.75, 3.05) is 0 Å². The molecule has 0 radical (unpaired) electrons. The molecule has 10 nitrogen and oxygen atoms in total. The monoisotopic (exact) mass is 300 g/mol. The van der Waals surface area contributed by atoms with E-state index < -0.39 is 41.8 Å². The number of carboxylic acid groups (broad SMARTS) is 1. The minimum atomic E-state index is -1.32. The highest BCUT2D eigenvalue weighted by Crippen LogP contribution is 2.04. The zero-order valence-corrected chi connectivity index (χ0v) is 11.0. The van der Waals surface area contributed by atoms with Crippen molar-refractivity contribution in [3.63, 3.8) is 0 Å². The van der Waals surface area contributed by atoms with Crippen LogP contribution in [0.5, 0.6) is 0 Å². The van der Waals surface area contributed by atoms with Gasteiger partial charge in [0.1, 0.15) is 12.1 Å². The molecule has 1 aliphatic heterocycles. The summed E-state index contributed by atoms with van der Waals surface area (Å²) in [5.41, 5.74) is 4.91. The van der Waals surface area contributed by atoms with E-state index in [1.54, 1.807) is 0 Å². The largest absolute Gasteiger partial charge is 0.480 e. The first-order chi connectivity index (χ1) is 9.79. The van der Waals surface area contributed by atoms with Crippen molar-refractivity contribution >= 4 is 29.7 Å². The maximum Gasteiger partial charge on any atom is 0.326 e. The molecule has 1 aliphatic rings. The molecule has 2 atom stereocenters. The van der Waals surface area contributed by atoms with Crippen molar-refractivity contribution in [3.8, 4) is 0 Å². The molecular weight excluding hydrogens is 284 g/mol.